The van der Waals surface area contributed by atoms with Gasteiger partial charge < -0.3 is 4.74 Å². The molecule has 0 amide bonds. The predicted octanol–water partition coefficient (Wildman–Crippen LogP) is 1.17. The highest BCUT2D eigenvalue weighted by Gasteiger charge is 2.34. The molecule has 0 aliphatic carbocycles. The van der Waals surface area contributed by atoms with Gasteiger partial charge in [-0.05, 0) is 27.7 Å². The molecular formula is C8H13NO2. The van der Waals surface area contributed by atoms with Crippen LogP contribution >= 0.6 is 0 Å². The molecule has 1 aliphatic rings. The van der Waals surface area contributed by atoms with Gasteiger partial charge in [-0.1, -0.05) is 0 Å². The lowest BCUT2D eigenvalue weighted by molar-refractivity contribution is -0.153. The smallest absolute Gasteiger partial charge is 0.337 e. The molecule has 0 saturated heterocycles. The minimum absolute atomic E-state index is 0.227. The Balaban J connectivity index is 2.34. The fraction of sp³-hybridized carbons (Fsp3) is 0.750. The Morgan fingerprint density at radius 3 is 2.27 bits per heavy atom. The van der Waals surface area contributed by atoms with Crippen molar-refractivity contribution in [2.75, 3.05) is 0 Å². The summed E-state index contributed by atoms with van der Waals surface area (Å²) in [6.45, 7) is 7.38. The van der Waals surface area contributed by atoms with Crippen LogP contribution in [0, 0.1) is 0 Å². The summed E-state index contributed by atoms with van der Waals surface area (Å²) in [6, 6.07) is -0.269. The highest BCUT2D eigenvalue weighted by atomic mass is 16.6. The Hall–Kier alpha value is -0.860. The second-order valence-electron chi connectivity index (χ2n) is 3.71. The zero-order valence-electron chi connectivity index (χ0n) is 7.34. The first-order chi connectivity index (χ1) is 4.90. The molecule has 0 N–H and O–H groups in total. The predicted molar refractivity (Wildman–Crippen MR) is 42.7 cm³/mol. The molecule has 0 bridgehead atoms. The Morgan fingerprint density at radius 2 is 2.00 bits per heavy atom. The van der Waals surface area contributed by atoms with E-state index in [1.54, 1.807) is 0 Å². The van der Waals surface area contributed by atoms with Crippen molar-refractivity contribution in [3.05, 3.63) is 0 Å². The molecule has 62 valence electrons. The van der Waals surface area contributed by atoms with Crippen LogP contribution < -0.4 is 0 Å². The highest BCUT2D eigenvalue weighted by Crippen LogP contribution is 2.17. The lowest BCUT2D eigenvalue weighted by atomic mass is 10.2. The van der Waals surface area contributed by atoms with E-state index in [0.29, 0.717) is 0 Å². The average molecular weight is 155 g/mol. The summed E-state index contributed by atoms with van der Waals surface area (Å²) in [5.41, 5.74) is 0.481. The fourth-order valence-electron chi connectivity index (χ4n) is 0.747. The summed E-state index contributed by atoms with van der Waals surface area (Å²) in [5, 5.41) is 0. The number of rotatable bonds is 1. The van der Waals surface area contributed by atoms with Crippen LogP contribution in [0.2, 0.25) is 0 Å². The van der Waals surface area contributed by atoms with E-state index in [-0.39, 0.29) is 12.0 Å². The van der Waals surface area contributed by atoms with Crippen molar-refractivity contribution in [2.24, 2.45) is 4.99 Å². The van der Waals surface area contributed by atoms with Crippen LogP contribution in [-0.2, 0) is 9.53 Å². The van der Waals surface area contributed by atoms with Crippen LogP contribution in [-0.4, -0.2) is 23.3 Å². The van der Waals surface area contributed by atoms with Crippen molar-refractivity contribution >= 4 is 11.7 Å². The third-order valence-corrected chi connectivity index (χ3v) is 1.29. The Bertz CT molecular complexity index is 213. The first-order valence-electron chi connectivity index (χ1n) is 3.67. The highest BCUT2D eigenvalue weighted by molar-refractivity contribution is 6.14. The lowest BCUT2D eigenvalue weighted by Crippen LogP contribution is -2.28. The number of hydrogen-bond acceptors (Lipinski definition) is 3. The number of ether oxygens (including phenoxy) is 1. The topological polar surface area (TPSA) is 38.7 Å². The Labute approximate surface area is 66.5 Å². The number of nitrogens with zero attached hydrogens (tertiary/aromatic N) is 1. The maximum atomic E-state index is 11.1. The van der Waals surface area contributed by atoms with Gasteiger partial charge in [-0.3, -0.25) is 4.99 Å². The van der Waals surface area contributed by atoms with E-state index in [0.717, 1.165) is 5.71 Å². The average Bonchev–Trinajstić information content (AvgIpc) is 2.41. The number of carbonyl (C=O) groups is 1. The molecular weight excluding hydrogens is 142 g/mol. The fourth-order valence-corrected chi connectivity index (χ4v) is 0.747. The summed E-state index contributed by atoms with van der Waals surface area (Å²) in [4.78, 5) is 15.0. The number of carbonyl (C=O) groups excluding carboxylic acids is 1. The van der Waals surface area contributed by atoms with Crippen LogP contribution in [0.25, 0.3) is 0 Å². The molecule has 0 fully saturated rings. The van der Waals surface area contributed by atoms with Gasteiger partial charge in [-0.2, -0.15) is 0 Å². The lowest BCUT2D eigenvalue weighted by Gasteiger charge is -2.18. The number of esters is 1. The second kappa shape index (κ2) is 2.32. The number of aliphatic imine (C=N–C) groups is 1. The molecule has 1 rings (SSSR count). The summed E-state index contributed by atoms with van der Waals surface area (Å²) in [6.07, 6.45) is 0. The minimum Gasteiger partial charge on any atom is -0.458 e. The zero-order chi connectivity index (χ0) is 8.65. The molecule has 1 atom stereocenters. The third-order valence-electron chi connectivity index (χ3n) is 1.29. The van der Waals surface area contributed by atoms with E-state index >= 15 is 0 Å². The summed E-state index contributed by atoms with van der Waals surface area (Å²) in [5.74, 6) is -0.227. The van der Waals surface area contributed by atoms with Crippen molar-refractivity contribution < 1.29 is 9.53 Å². The van der Waals surface area contributed by atoms with E-state index in [1.807, 2.05) is 27.7 Å². The van der Waals surface area contributed by atoms with Crippen molar-refractivity contribution in [3.63, 3.8) is 0 Å². The van der Waals surface area contributed by atoms with Crippen LogP contribution in [0.5, 0.6) is 0 Å². The summed E-state index contributed by atoms with van der Waals surface area (Å²) >= 11 is 0. The first-order valence-corrected chi connectivity index (χ1v) is 3.67. The summed E-state index contributed by atoms with van der Waals surface area (Å²) < 4.78 is 5.08. The van der Waals surface area contributed by atoms with Crippen LogP contribution in [0.4, 0.5) is 0 Å². The third kappa shape index (κ3) is 2.33. The zero-order valence-corrected chi connectivity index (χ0v) is 7.34. The molecule has 11 heavy (non-hydrogen) atoms. The Morgan fingerprint density at radius 1 is 1.55 bits per heavy atom. The van der Waals surface area contributed by atoms with Gasteiger partial charge in [0, 0.05) is 5.71 Å². The number of hydrogen-bond donors (Lipinski definition) is 0. The Kier molecular flexibility index (Phi) is 1.74. The first kappa shape index (κ1) is 8.24. The van der Waals surface area contributed by atoms with Crippen LogP contribution in [0.3, 0.4) is 0 Å². The quantitative estimate of drug-likeness (QED) is 0.533. The van der Waals surface area contributed by atoms with Gasteiger partial charge in [0.05, 0.1) is 0 Å². The summed E-state index contributed by atoms with van der Waals surface area (Å²) in [7, 11) is 0. The van der Waals surface area contributed by atoms with Gasteiger partial charge in [0.1, 0.15) is 5.60 Å². The standard InChI is InChI=1S/C8H13NO2/c1-5-6(9-5)7(10)11-8(2,3)4/h6H,1-4H3. The molecule has 3 heteroatoms. The SMILES string of the molecule is CC1=NC1C(=O)OC(C)(C)C. The van der Waals surface area contributed by atoms with Gasteiger partial charge in [0.25, 0.3) is 0 Å². The molecule has 1 aliphatic heterocycles. The van der Waals surface area contributed by atoms with Gasteiger partial charge in [0.2, 0.25) is 0 Å². The van der Waals surface area contributed by atoms with E-state index < -0.39 is 5.60 Å². The van der Waals surface area contributed by atoms with E-state index in [1.165, 1.54) is 0 Å². The molecule has 0 saturated carbocycles. The van der Waals surface area contributed by atoms with Crippen LogP contribution in [0.1, 0.15) is 27.7 Å². The molecule has 0 aromatic rings. The van der Waals surface area contributed by atoms with Crippen LogP contribution in [0.15, 0.2) is 4.99 Å². The molecule has 1 heterocycles. The molecule has 0 radical (unpaired) electrons. The molecule has 0 aromatic carbocycles. The van der Waals surface area contributed by atoms with Crippen molar-refractivity contribution in [2.45, 2.75) is 39.3 Å². The minimum atomic E-state index is -0.393. The maximum Gasteiger partial charge on any atom is 0.337 e. The van der Waals surface area contributed by atoms with Gasteiger partial charge in [-0.25, -0.2) is 4.79 Å². The van der Waals surface area contributed by atoms with Crippen molar-refractivity contribution in [1.82, 2.24) is 0 Å². The van der Waals surface area contributed by atoms with Gasteiger partial charge in [0.15, 0.2) is 6.04 Å². The second-order valence-corrected chi connectivity index (χ2v) is 3.71. The van der Waals surface area contributed by atoms with E-state index in [4.69, 9.17) is 4.74 Å². The molecule has 0 aromatic heterocycles. The van der Waals surface area contributed by atoms with Gasteiger partial charge >= 0.3 is 5.97 Å². The maximum absolute atomic E-state index is 11.1. The molecule has 0 spiro atoms. The monoisotopic (exact) mass is 155 g/mol. The van der Waals surface area contributed by atoms with E-state index in [2.05, 4.69) is 4.99 Å². The molecule has 3 nitrogen and oxygen atoms in total. The largest absolute Gasteiger partial charge is 0.458 e. The van der Waals surface area contributed by atoms with Crippen molar-refractivity contribution in [1.29, 1.82) is 0 Å². The van der Waals surface area contributed by atoms with E-state index in [9.17, 15) is 4.79 Å². The van der Waals surface area contributed by atoms with Crippen molar-refractivity contribution in [3.8, 4) is 0 Å². The normalized spacial score (nSPS) is 22.5. The molecule has 1 unspecified atom stereocenters. The van der Waals surface area contributed by atoms with Gasteiger partial charge in [-0.15, -0.1) is 0 Å².